The second-order valence-corrected chi connectivity index (χ2v) is 5.42. The van der Waals surface area contributed by atoms with Gasteiger partial charge in [0.2, 0.25) is 0 Å². The smallest absolute Gasteiger partial charge is 0.295 e. The van der Waals surface area contributed by atoms with Gasteiger partial charge in [-0.2, -0.15) is 0 Å². The number of hydrogen-bond donors (Lipinski definition) is 2. The molecule has 0 aliphatic carbocycles. The van der Waals surface area contributed by atoms with Gasteiger partial charge >= 0.3 is 0 Å². The summed E-state index contributed by atoms with van der Waals surface area (Å²) < 4.78 is 0.583. The van der Waals surface area contributed by atoms with Crippen LogP contribution >= 0.6 is 0 Å². The van der Waals surface area contributed by atoms with Crippen molar-refractivity contribution in [2.45, 2.75) is 0 Å². The van der Waals surface area contributed by atoms with E-state index in [1.54, 1.807) is 30.3 Å². The van der Waals surface area contributed by atoms with E-state index in [0.717, 1.165) is 10.8 Å². The Labute approximate surface area is 131 Å². The van der Waals surface area contributed by atoms with Crippen LogP contribution in [-0.4, -0.2) is 15.0 Å². The molecule has 4 aromatic rings. The van der Waals surface area contributed by atoms with E-state index in [1.807, 2.05) is 36.4 Å². The Morgan fingerprint density at radius 3 is 2.35 bits per heavy atom. The van der Waals surface area contributed by atoms with Crippen LogP contribution in [0.2, 0.25) is 0 Å². The Kier molecular flexibility index (Phi) is 2.84. The van der Waals surface area contributed by atoms with Gasteiger partial charge in [-0.3, -0.25) is 4.79 Å². The van der Waals surface area contributed by atoms with Crippen LogP contribution in [0.5, 0.6) is 5.75 Å². The average Bonchev–Trinajstić information content (AvgIpc) is 2.60. The second kappa shape index (κ2) is 4.88. The number of rotatable bonds is 1. The molecule has 23 heavy (non-hydrogen) atoms. The lowest BCUT2D eigenvalue weighted by Crippen LogP contribution is -2.20. The first-order valence-electron chi connectivity index (χ1n) is 7.22. The van der Waals surface area contributed by atoms with Crippen molar-refractivity contribution in [3.63, 3.8) is 0 Å². The van der Waals surface area contributed by atoms with Crippen molar-refractivity contribution in [2.24, 2.45) is 0 Å². The van der Waals surface area contributed by atoms with Gasteiger partial charge in [0.25, 0.3) is 5.56 Å². The van der Waals surface area contributed by atoms with Crippen molar-refractivity contribution in [2.75, 3.05) is 0 Å². The highest BCUT2D eigenvalue weighted by Crippen LogP contribution is 2.33. The van der Waals surface area contributed by atoms with Crippen molar-refractivity contribution in [1.82, 2.24) is 4.73 Å². The molecule has 112 valence electrons. The fourth-order valence-corrected chi connectivity index (χ4v) is 2.91. The van der Waals surface area contributed by atoms with Gasteiger partial charge in [0.05, 0.1) is 11.1 Å². The maximum atomic E-state index is 12.5. The standard InChI is InChI=1S/C19H13NO3/c21-18-15-7-3-4-8-16(15)20(23)19(22)17(18)14-10-9-12-5-1-2-6-13(12)11-14/h1-11,21,23H. The van der Waals surface area contributed by atoms with E-state index in [2.05, 4.69) is 0 Å². The van der Waals surface area contributed by atoms with E-state index < -0.39 is 5.56 Å². The zero-order chi connectivity index (χ0) is 16.0. The molecular weight excluding hydrogens is 290 g/mol. The second-order valence-electron chi connectivity index (χ2n) is 5.42. The van der Waals surface area contributed by atoms with Crippen LogP contribution in [0.15, 0.2) is 71.5 Å². The zero-order valence-electron chi connectivity index (χ0n) is 12.1. The average molecular weight is 303 g/mol. The summed E-state index contributed by atoms with van der Waals surface area (Å²) in [6.07, 6.45) is 0. The van der Waals surface area contributed by atoms with Crippen LogP contribution in [0.1, 0.15) is 0 Å². The highest BCUT2D eigenvalue weighted by Gasteiger charge is 2.17. The minimum absolute atomic E-state index is 0.0944. The summed E-state index contributed by atoms with van der Waals surface area (Å²) in [4.78, 5) is 12.5. The SMILES string of the molecule is O=c1c(-c2ccc3ccccc3c2)c(O)c2ccccc2n1O. The van der Waals surface area contributed by atoms with Crippen molar-refractivity contribution >= 4 is 21.7 Å². The van der Waals surface area contributed by atoms with Crippen molar-refractivity contribution in [3.8, 4) is 16.9 Å². The molecule has 4 nitrogen and oxygen atoms in total. The minimum Gasteiger partial charge on any atom is -0.506 e. The lowest BCUT2D eigenvalue weighted by atomic mass is 10.00. The van der Waals surface area contributed by atoms with E-state index in [9.17, 15) is 15.1 Å². The largest absolute Gasteiger partial charge is 0.506 e. The molecule has 0 unspecified atom stereocenters. The summed E-state index contributed by atoms with van der Waals surface area (Å²) in [5.74, 6) is -0.119. The summed E-state index contributed by atoms with van der Waals surface area (Å²) in [5.41, 5.74) is 0.299. The van der Waals surface area contributed by atoms with Gasteiger partial charge in [-0.25, -0.2) is 0 Å². The molecule has 0 bridgehead atoms. The van der Waals surface area contributed by atoms with Gasteiger partial charge in [0.1, 0.15) is 5.75 Å². The maximum Gasteiger partial charge on any atom is 0.295 e. The van der Waals surface area contributed by atoms with Gasteiger partial charge < -0.3 is 10.3 Å². The normalized spacial score (nSPS) is 11.1. The highest BCUT2D eigenvalue weighted by molar-refractivity contribution is 5.94. The van der Waals surface area contributed by atoms with Gasteiger partial charge in [0.15, 0.2) is 0 Å². The number of nitrogens with zero attached hydrogens (tertiary/aromatic N) is 1. The van der Waals surface area contributed by atoms with E-state index >= 15 is 0 Å². The Bertz CT molecular complexity index is 1110. The molecular formula is C19H13NO3. The molecule has 0 radical (unpaired) electrons. The molecule has 0 saturated heterocycles. The Morgan fingerprint density at radius 2 is 1.52 bits per heavy atom. The first kappa shape index (κ1) is 13.4. The molecule has 1 heterocycles. The Morgan fingerprint density at radius 1 is 0.826 bits per heavy atom. The van der Waals surface area contributed by atoms with Gasteiger partial charge in [-0.1, -0.05) is 48.5 Å². The number of benzene rings is 3. The minimum atomic E-state index is -0.642. The number of aromatic nitrogens is 1. The number of aromatic hydroxyl groups is 1. The molecule has 0 aliphatic heterocycles. The Balaban J connectivity index is 2.10. The lowest BCUT2D eigenvalue weighted by Gasteiger charge is -2.11. The lowest BCUT2D eigenvalue weighted by molar-refractivity contribution is 0.188. The molecule has 0 amide bonds. The van der Waals surface area contributed by atoms with E-state index in [0.29, 0.717) is 15.7 Å². The van der Waals surface area contributed by atoms with E-state index in [4.69, 9.17) is 0 Å². The first-order chi connectivity index (χ1) is 11.2. The number of pyridine rings is 1. The summed E-state index contributed by atoms with van der Waals surface area (Å²) in [6, 6.07) is 20.0. The van der Waals surface area contributed by atoms with Crippen molar-refractivity contribution in [1.29, 1.82) is 0 Å². The monoisotopic (exact) mass is 303 g/mol. The summed E-state index contributed by atoms with van der Waals surface area (Å²) in [5, 5.41) is 23.1. The molecule has 0 fully saturated rings. The fraction of sp³-hybridized carbons (Fsp3) is 0. The van der Waals surface area contributed by atoms with Crippen LogP contribution in [0, 0.1) is 0 Å². The third kappa shape index (κ3) is 1.96. The van der Waals surface area contributed by atoms with Gasteiger partial charge in [-0.05, 0) is 34.5 Å². The van der Waals surface area contributed by atoms with Crippen molar-refractivity contribution in [3.05, 3.63) is 77.1 Å². The van der Waals surface area contributed by atoms with E-state index in [-0.39, 0.29) is 16.8 Å². The number of fused-ring (bicyclic) bond motifs is 2. The molecule has 2 N–H and O–H groups in total. The van der Waals surface area contributed by atoms with Gasteiger partial charge in [0, 0.05) is 5.39 Å². The molecule has 0 spiro atoms. The molecule has 1 aromatic heterocycles. The predicted octanol–water partition coefficient (Wildman–Crippen LogP) is 3.76. The van der Waals surface area contributed by atoms with Crippen molar-refractivity contribution < 1.29 is 10.3 Å². The molecule has 4 heteroatoms. The van der Waals surface area contributed by atoms with Crippen LogP contribution in [0.25, 0.3) is 32.8 Å². The molecule has 0 aliphatic rings. The fourth-order valence-electron chi connectivity index (χ4n) is 2.91. The summed E-state index contributed by atoms with van der Waals surface area (Å²) in [6.45, 7) is 0. The number of para-hydroxylation sites is 1. The molecule has 0 saturated carbocycles. The number of hydrogen-bond acceptors (Lipinski definition) is 3. The van der Waals surface area contributed by atoms with Crippen LogP contribution < -0.4 is 5.56 Å². The van der Waals surface area contributed by atoms with Crippen LogP contribution in [0.4, 0.5) is 0 Å². The Hall–Kier alpha value is -3.27. The van der Waals surface area contributed by atoms with Crippen LogP contribution in [0.3, 0.4) is 0 Å². The molecule has 4 rings (SSSR count). The topological polar surface area (TPSA) is 62.5 Å². The predicted molar refractivity (Wildman–Crippen MR) is 90.0 cm³/mol. The third-order valence-corrected chi connectivity index (χ3v) is 4.07. The zero-order valence-corrected chi connectivity index (χ0v) is 12.1. The third-order valence-electron chi connectivity index (χ3n) is 4.07. The molecule has 3 aromatic carbocycles. The highest BCUT2D eigenvalue weighted by atomic mass is 16.5. The van der Waals surface area contributed by atoms with E-state index in [1.165, 1.54) is 0 Å². The quantitative estimate of drug-likeness (QED) is 0.526. The summed E-state index contributed by atoms with van der Waals surface area (Å²) in [7, 11) is 0. The molecule has 0 atom stereocenters. The van der Waals surface area contributed by atoms with Gasteiger partial charge in [-0.15, -0.1) is 4.73 Å². The van der Waals surface area contributed by atoms with Crippen LogP contribution in [-0.2, 0) is 0 Å². The maximum absolute atomic E-state index is 12.5. The first-order valence-corrected chi connectivity index (χ1v) is 7.22. The summed E-state index contributed by atoms with van der Waals surface area (Å²) >= 11 is 0.